The van der Waals surface area contributed by atoms with E-state index in [4.69, 9.17) is 11.6 Å². The second-order valence-electron chi connectivity index (χ2n) is 4.71. The molecule has 0 atom stereocenters. The van der Waals surface area contributed by atoms with Crippen LogP contribution in [0.25, 0.3) is 0 Å². The number of nitro benzene ring substituents is 1. The molecule has 0 aromatic heterocycles. The molecule has 0 unspecified atom stereocenters. The van der Waals surface area contributed by atoms with Gasteiger partial charge in [-0.25, -0.2) is 0 Å². The predicted molar refractivity (Wildman–Crippen MR) is 90.0 cm³/mol. The Hall–Kier alpha value is -2.05. The number of non-ortho nitro benzene ring substituents is 1. The third-order valence-corrected chi connectivity index (χ3v) is 4.56. The van der Waals surface area contributed by atoms with Gasteiger partial charge in [0.2, 0.25) is 0 Å². The van der Waals surface area contributed by atoms with E-state index in [1.807, 2.05) is 18.2 Å². The number of nitrogens with one attached hydrogen (secondary N) is 1. The summed E-state index contributed by atoms with van der Waals surface area (Å²) in [6.45, 7) is 0. The first-order chi connectivity index (χ1) is 10.6. The number of rotatable bonds is 3. The van der Waals surface area contributed by atoms with Crippen LogP contribution in [0.5, 0.6) is 0 Å². The van der Waals surface area contributed by atoms with Gasteiger partial charge in [-0.2, -0.15) is 5.10 Å². The maximum absolute atomic E-state index is 10.6. The zero-order chi connectivity index (χ0) is 15.5. The lowest BCUT2D eigenvalue weighted by molar-refractivity contribution is -0.384. The highest BCUT2D eigenvalue weighted by atomic mass is 35.5. The third-order valence-electron chi connectivity index (χ3n) is 3.25. The lowest BCUT2D eigenvalue weighted by atomic mass is 10.1. The molecule has 0 aliphatic carbocycles. The quantitative estimate of drug-likeness (QED) is 0.660. The minimum Gasteiger partial charge on any atom is -0.278 e. The third kappa shape index (κ3) is 3.23. The molecule has 22 heavy (non-hydrogen) atoms. The highest BCUT2D eigenvalue weighted by molar-refractivity contribution is 7.99. The number of thioether (sulfide) groups is 1. The summed E-state index contributed by atoms with van der Waals surface area (Å²) in [5.74, 6) is 0.968. The van der Waals surface area contributed by atoms with Crippen LogP contribution in [-0.4, -0.2) is 16.4 Å². The normalized spacial score (nSPS) is 15.4. The van der Waals surface area contributed by atoms with Gasteiger partial charge in [0.25, 0.3) is 5.69 Å². The molecule has 0 saturated carbocycles. The molecule has 3 rings (SSSR count). The van der Waals surface area contributed by atoms with Crippen molar-refractivity contribution < 1.29 is 4.92 Å². The van der Waals surface area contributed by atoms with Crippen molar-refractivity contribution in [2.75, 3.05) is 11.2 Å². The van der Waals surface area contributed by atoms with E-state index in [1.54, 1.807) is 23.9 Å². The van der Waals surface area contributed by atoms with Gasteiger partial charge >= 0.3 is 0 Å². The average molecular weight is 334 g/mol. The number of nitrogens with zero attached hydrogens (tertiary/aromatic N) is 2. The largest absolute Gasteiger partial charge is 0.278 e. The standard InChI is InChI=1S/C15H12ClN3O2S/c16-10-1-6-15-13(9-10)14(7-8-22-15)18-17-11-2-4-12(5-3-11)19(20)21/h1-6,9,17H,7-8H2/b18-14-. The van der Waals surface area contributed by atoms with Crippen molar-refractivity contribution in [3.63, 3.8) is 0 Å². The summed E-state index contributed by atoms with van der Waals surface area (Å²) >= 11 is 7.84. The van der Waals surface area contributed by atoms with Gasteiger partial charge in [-0.1, -0.05) is 11.6 Å². The lowest BCUT2D eigenvalue weighted by Gasteiger charge is -2.17. The summed E-state index contributed by atoms with van der Waals surface area (Å²) in [6, 6.07) is 12.0. The SMILES string of the molecule is O=[N+]([O-])c1ccc(N/N=C2/CCSc3ccc(Cl)cc32)cc1. The summed E-state index contributed by atoms with van der Waals surface area (Å²) in [6.07, 6.45) is 0.845. The van der Waals surface area contributed by atoms with Crippen molar-refractivity contribution in [2.45, 2.75) is 11.3 Å². The van der Waals surface area contributed by atoms with Crippen LogP contribution in [0.1, 0.15) is 12.0 Å². The first-order valence-electron chi connectivity index (χ1n) is 6.63. The molecule has 0 spiro atoms. The molecule has 2 aromatic rings. The highest BCUT2D eigenvalue weighted by Gasteiger charge is 2.16. The minimum atomic E-state index is -0.424. The van der Waals surface area contributed by atoms with Crippen LogP contribution in [0.15, 0.2) is 52.5 Å². The van der Waals surface area contributed by atoms with Gasteiger partial charge in [-0.3, -0.25) is 15.5 Å². The molecule has 0 bridgehead atoms. The van der Waals surface area contributed by atoms with Crippen LogP contribution in [0.2, 0.25) is 5.02 Å². The summed E-state index contributed by atoms with van der Waals surface area (Å²) in [4.78, 5) is 11.4. The van der Waals surface area contributed by atoms with Gasteiger partial charge in [0.05, 0.1) is 16.3 Å². The lowest BCUT2D eigenvalue weighted by Crippen LogP contribution is -2.11. The highest BCUT2D eigenvalue weighted by Crippen LogP contribution is 2.32. The number of hydrazone groups is 1. The number of anilines is 1. The van der Waals surface area contributed by atoms with Gasteiger partial charge in [-0.05, 0) is 30.3 Å². The van der Waals surface area contributed by atoms with Crippen LogP contribution in [0.4, 0.5) is 11.4 Å². The Balaban J connectivity index is 1.82. The zero-order valence-electron chi connectivity index (χ0n) is 11.5. The van der Waals surface area contributed by atoms with E-state index < -0.39 is 4.92 Å². The van der Waals surface area contributed by atoms with E-state index in [1.165, 1.54) is 17.0 Å². The maximum Gasteiger partial charge on any atom is 0.269 e. The number of fused-ring (bicyclic) bond motifs is 1. The van der Waals surface area contributed by atoms with E-state index in [0.717, 1.165) is 23.4 Å². The number of halogens is 1. The fourth-order valence-electron chi connectivity index (χ4n) is 2.15. The van der Waals surface area contributed by atoms with Crippen molar-refractivity contribution in [3.05, 3.63) is 63.2 Å². The van der Waals surface area contributed by atoms with Crippen LogP contribution in [0, 0.1) is 10.1 Å². The molecule has 7 heteroatoms. The fourth-order valence-corrected chi connectivity index (χ4v) is 3.34. The Kier molecular flexibility index (Phi) is 4.31. The Bertz CT molecular complexity index is 747. The van der Waals surface area contributed by atoms with E-state index in [0.29, 0.717) is 10.7 Å². The van der Waals surface area contributed by atoms with E-state index >= 15 is 0 Å². The van der Waals surface area contributed by atoms with Crippen LogP contribution in [-0.2, 0) is 0 Å². The predicted octanol–water partition coefficient (Wildman–Crippen LogP) is 4.56. The van der Waals surface area contributed by atoms with Crippen molar-refractivity contribution in [1.82, 2.24) is 0 Å². The first kappa shape index (κ1) is 14.9. The molecule has 0 amide bonds. The van der Waals surface area contributed by atoms with E-state index in [2.05, 4.69) is 10.5 Å². The Morgan fingerprint density at radius 1 is 1.23 bits per heavy atom. The summed E-state index contributed by atoms with van der Waals surface area (Å²) in [7, 11) is 0. The minimum absolute atomic E-state index is 0.0596. The summed E-state index contributed by atoms with van der Waals surface area (Å²) in [5.41, 5.74) is 5.70. The van der Waals surface area contributed by atoms with Gasteiger partial charge in [0.1, 0.15) is 0 Å². The van der Waals surface area contributed by atoms with Crippen LogP contribution >= 0.6 is 23.4 Å². The molecule has 2 aromatic carbocycles. The molecule has 0 radical (unpaired) electrons. The fraction of sp³-hybridized carbons (Fsp3) is 0.133. The average Bonchev–Trinajstić information content (AvgIpc) is 2.53. The molecule has 1 aliphatic rings. The molecule has 1 N–H and O–H groups in total. The van der Waals surface area contributed by atoms with E-state index in [9.17, 15) is 10.1 Å². The van der Waals surface area contributed by atoms with Crippen molar-refractivity contribution in [2.24, 2.45) is 5.10 Å². The Morgan fingerprint density at radius 3 is 2.73 bits per heavy atom. The molecular weight excluding hydrogens is 322 g/mol. The number of benzene rings is 2. The first-order valence-corrected chi connectivity index (χ1v) is 7.99. The van der Waals surface area contributed by atoms with Gasteiger partial charge in [-0.15, -0.1) is 11.8 Å². The Labute approximate surface area is 136 Å². The second-order valence-corrected chi connectivity index (χ2v) is 6.29. The maximum atomic E-state index is 10.6. The smallest absolute Gasteiger partial charge is 0.269 e. The van der Waals surface area contributed by atoms with Gasteiger partial charge in [0, 0.05) is 39.8 Å². The molecule has 0 saturated heterocycles. The topological polar surface area (TPSA) is 67.5 Å². The zero-order valence-corrected chi connectivity index (χ0v) is 13.0. The summed E-state index contributed by atoms with van der Waals surface area (Å²) < 4.78 is 0. The number of hydrogen-bond donors (Lipinski definition) is 1. The monoisotopic (exact) mass is 333 g/mol. The number of hydrogen-bond acceptors (Lipinski definition) is 5. The van der Waals surface area contributed by atoms with Crippen LogP contribution < -0.4 is 5.43 Å². The van der Waals surface area contributed by atoms with Gasteiger partial charge < -0.3 is 0 Å². The molecule has 5 nitrogen and oxygen atoms in total. The van der Waals surface area contributed by atoms with Gasteiger partial charge in [0.15, 0.2) is 0 Å². The van der Waals surface area contributed by atoms with Crippen molar-refractivity contribution >= 4 is 40.4 Å². The second kappa shape index (κ2) is 6.37. The molecule has 0 fully saturated rings. The molecule has 1 heterocycles. The van der Waals surface area contributed by atoms with Crippen molar-refractivity contribution in [1.29, 1.82) is 0 Å². The van der Waals surface area contributed by atoms with Crippen molar-refractivity contribution in [3.8, 4) is 0 Å². The summed E-state index contributed by atoms with van der Waals surface area (Å²) in [5, 5.41) is 15.7. The number of nitro groups is 1. The molecular formula is C15H12ClN3O2S. The van der Waals surface area contributed by atoms with E-state index in [-0.39, 0.29) is 5.69 Å². The molecule has 1 aliphatic heterocycles. The molecule has 112 valence electrons. The van der Waals surface area contributed by atoms with Crippen LogP contribution in [0.3, 0.4) is 0 Å². The Morgan fingerprint density at radius 2 is 2.00 bits per heavy atom.